The first-order valence-electron chi connectivity index (χ1n) is 6.50. The Balaban J connectivity index is -0.0000000529. The quantitative estimate of drug-likeness (QED) is 0.408. The molecule has 0 saturated heterocycles. The summed E-state index contributed by atoms with van der Waals surface area (Å²) in [5, 5.41) is 0. The van der Waals surface area contributed by atoms with Gasteiger partial charge in [0.1, 0.15) is 11.6 Å². The van der Waals surface area contributed by atoms with Crippen molar-refractivity contribution in [2.45, 2.75) is 46.5 Å². The van der Waals surface area contributed by atoms with Gasteiger partial charge in [0.15, 0.2) is 5.78 Å². The fraction of sp³-hybridized carbons (Fsp3) is 0.389. The fourth-order valence-electron chi connectivity index (χ4n) is 0.787. The molecule has 2 radical (unpaired) electrons. The summed E-state index contributed by atoms with van der Waals surface area (Å²) in [5.74, 6) is -0.310. The Hall–Kier alpha value is 0.368. The summed E-state index contributed by atoms with van der Waals surface area (Å²) in [6, 6.07) is 0. The second-order valence-electron chi connectivity index (χ2n) is 4.14. The van der Waals surface area contributed by atoms with Crippen molar-refractivity contribution in [2.24, 2.45) is 0 Å². The average molecular weight is 486 g/mol. The average Bonchev–Trinajstić information content (AvgIpc) is 2.38. The van der Waals surface area contributed by atoms with Gasteiger partial charge in [-0.1, -0.05) is 20.1 Å². The number of ketones is 3. The van der Waals surface area contributed by atoms with Gasteiger partial charge in [0.25, 0.3) is 0 Å². The third-order valence-electron chi connectivity index (χ3n) is 1.87. The molecule has 0 rings (SSSR count). The van der Waals surface area contributed by atoms with Crippen LogP contribution in [0.3, 0.4) is 0 Å². The van der Waals surface area contributed by atoms with Gasteiger partial charge in [-0.15, -0.1) is 12.8 Å². The second kappa shape index (κ2) is 28.2. The zero-order valence-corrected chi connectivity index (χ0v) is 21.1. The van der Waals surface area contributed by atoms with E-state index in [0.717, 1.165) is 6.42 Å². The maximum Gasteiger partial charge on any atom is 0.152 e. The van der Waals surface area contributed by atoms with E-state index in [9.17, 15) is 19.2 Å². The first kappa shape index (κ1) is 39.4. The number of hydrogen-bond acceptors (Lipinski definition) is 4. The van der Waals surface area contributed by atoms with Crippen molar-refractivity contribution >= 4 is 23.6 Å². The Morgan fingerprint density at radius 1 is 1.00 bits per heavy atom. The van der Waals surface area contributed by atoms with Crippen LogP contribution in [0.25, 0.3) is 0 Å². The number of Topliss-reactive ketones (excluding diaryl/α,β-unsaturated/α-hetero) is 3. The SMILES string of the molecule is C=C(CC(C)=O)C(=O)C[CH2-].C=C(C[C-]=O)C(C)=O.[CH2-]CC.[CH3-].[Y].[Y]. The van der Waals surface area contributed by atoms with E-state index >= 15 is 0 Å². The molecule has 24 heavy (non-hydrogen) atoms. The van der Waals surface area contributed by atoms with E-state index in [0.29, 0.717) is 11.1 Å². The van der Waals surface area contributed by atoms with Crippen molar-refractivity contribution in [1.29, 1.82) is 0 Å². The smallest absolute Gasteiger partial charge is 0.152 e. The Labute approximate surface area is 198 Å². The van der Waals surface area contributed by atoms with Crippen LogP contribution in [-0.2, 0) is 84.6 Å². The van der Waals surface area contributed by atoms with Crippen molar-refractivity contribution < 1.29 is 84.6 Å². The van der Waals surface area contributed by atoms with Crippen LogP contribution in [0.5, 0.6) is 0 Å². The summed E-state index contributed by atoms with van der Waals surface area (Å²) < 4.78 is 0. The molecular weight excluding hydrogens is 458 g/mol. The molecule has 0 bridgehead atoms. The van der Waals surface area contributed by atoms with Gasteiger partial charge >= 0.3 is 0 Å². The summed E-state index contributed by atoms with van der Waals surface area (Å²) in [7, 11) is 0. The van der Waals surface area contributed by atoms with Crippen LogP contribution in [0.15, 0.2) is 24.3 Å². The van der Waals surface area contributed by atoms with Gasteiger partial charge in [-0.3, -0.25) is 20.7 Å². The van der Waals surface area contributed by atoms with E-state index in [1.54, 1.807) is 6.29 Å². The largest absolute Gasteiger partial charge is 0.541 e. The third-order valence-corrected chi connectivity index (χ3v) is 1.87. The first-order valence-corrected chi connectivity index (χ1v) is 6.50. The van der Waals surface area contributed by atoms with Crippen molar-refractivity contribution in [2.75, 3.05) is 0 Å². The van der Waals surface area contributed by atoms with Crippen molar-refractivity contribution in [3.05, 3.63) is 45.6 Å². The predicted octanol–water partition coefficient (Wildman–Crippen LogP) is 3.62. The molecule has 0 aliphatic rings. The van der Waals surface area contributed by atoms with Crippen LogP contribution in [0, 0.1) is 21.3 Å². The molecule has 0 spiro atoms. The zero-order chi connectivity index (χ0) is 17.4. The third kappa shape index (κ3) is 33.9. The number of hydrogen-bond donors (Lipinski definition) is 0. The monoisotopic (exact) mass is 486 g/mol. The standard InChI is InChI=1S/C8H11O2.C6H7O2.C3H7.CH3.2Y/c1-4-8(10)6(2)5-7(3)9;1-5(3-4-7)6(2)8;1-3-2;;;/h1-2,4-5H2,3H3;1,3H2,2H3;1,3H2,2H3;1H3;;/q4*-1;;. The number of carbonyl (C=O) groups excluding carboxylic acids is 4. The molecule has 6 heteroatoms. The Bertz CT molecular complexity index is 388. The number of allylic oxidation sites excluding steroid dienone is 2. The van der Waals surface area contributed by atoms with Crippen molar-refractivity contribution in [3.8, 4) is 0 Å². The number of rotatable bonds is 7. The summed E-state index contributed by atoms with van der Waals surface area (Å²) in [6.07, 6.45) is 2.96. The maximum atomic E-state index is 10.7. The molecule has 134 valence electrons. The molecule has 4 nitrogen and oxygen atoms in total. The van der Waals surface area contributed by atoms with Gasteiger partial charge in [0, 0.05) is 71.8 Å². The molecule has 0 aliphatic carbocycles. The minimum Gasteiger partial charge on any atom is -0.541 e. The van der Waals surface area contributed by atoms with Crippen LogP contribution < -0.4 is 0 Å². The van der Waals surface area contributed by atoms with Gasteiger partial charge in [-0.2, -0.15) is 6.42 Å². The molecule has 0 unspecified atom stereocenters. The van der Waals surface area contributed by atoms with E-state index < -0.39 is 0 Å². The molecule has 0 aromatic rings. The topological polar surface area (TPSA) is 68.3 Å². The van der Waals surface area contributed by atoms with Gasteiger partial charge in [0.05, 0.1) is 0 Å². The van der Waals surface area contributed by atoms with Gasteiger partial charge in [-0.25, -0.2) is 0 Å². The Kier molecular flexibility index (Phi) is 46.3. The van der Waals surface area contributed by atoms with Crippen LogP contribution in [-0.4, -0.2) is 23.6 Å². The van der Waals surface area contributed by atoms with Crippen LogP contribution in [0.1, 0.15) is 46.5 Å². The Morgan fingerprint density at radius 3 is 1.54 bits per heavy atom. The van der Waals surface area contributed by atoms with Crippen LogP contribution >= 0.6 is 0 Å². The first-order chi connectivity index (χ1) is 9.67. The van der Waals surface area contributed by atoms with Crippen molar-refractivity contribution in [3.63, 3.8) is 0 Å². The fourth-order valence-corrected chi connectivity index (χ4v) is 0.787. The molecule has 0 aliphatic heterocycles. The van der Waals surface area contributed by atoms with E-state index in [1.165, 1.54) is 13.8 Å². The molecule has 0 amide bonds. The zero-order valence-electron chi connectivity index (χ0n) is 15.4. The van der Waals surface area contributed by atoms with Crippen LogP contribution in [0.4, 0.5) is 0 Å². The normalized spacial score (nSPS) is 7.21. The molecule has 0 heterocycles. The van der Waals surface area contributed by atoms with E-state index in [2.05, 4.69) is 27.0 Å². The summed E-state index contributed by atoms with van der Waals surface area (Å²) >= 11 is 0. The number of carbonyl (C=O) groups is 3. The molecule has 0 saturated carbocycles. The van der Waals surface area contributed by atoms with E-state index in [4.69, 9.17) is 0 Å². The van der Waals surface area contributed by atoms with Gasteiger partial charge in [0.2, 0.25) is 0 Å². The summed E-state index contributed by atoms with van der Waals surface area (Å²) in [6.45, 7) is 18.5. The van der Waals surface area contributed by atoms with Crippen molar-refractivity contribution in [1.82, 2.24) is 0 Å². The molecular formula is C18H28O4Y2-4. The van der Waals surface area contributed by atoms with Crippen LogP contribution in [0.2, 0.25) is 0 Å². The maximum absolute atomic E-state index is 10.7. The Morgan fingerprint density at radius 2 is 1.38 bits per heavy atom. The van der Waals surface area contributed by atoms with E-state index in [-0.39, 0.29) is 109 Å². The minimum atomic E-state index is -0.145. The van der Waals surface area contributed by atoms with Gasteiger partial charge < -0.3 is 26.1 Å². The molecule has 0 atom stereocenters. The summed E-state index contributed by atoms with van der Waals surface area (Å²) in [4.78, 5) is 41.0. The summed E-state index contributed by atoms with van der Waals surface area (Å²) in [5.41, 5.74) is 0.683. The predicted molar refractivity (Wildman–Crippen MR) is 91.6 cm³/mol. The molecule has 0 fully saturated rings. The minimum absolute atomic E-state index is 0. The van der Waals surface area contributed by atoms with Gasteiger partial charge in [-0.05, 0) is 25.0 Å². The second-order valence-corrected chi connectivity index (χ2v) is 4.14. The molecule has 0 aromatic heterocycles. The molecule has 0 N–H and O–H groups in total. The molecule has 0 aromatic carbocycles. The van der Waals surface area contributed by atoms with E-state index in [1.807, 2.05) is 6.92 Å².